The summed E-state index contributed by atoms with van der Waals surface area (Å²) in [6.45, 7) is 0.158. The molecular weight excluding hydrogens is 534 g/mol. The predicted molar refractivity (Wildman–Crippen MR) is 151 cm³/mol. The van der Waals surface area contributed by atoms with Crippen LogP contribution in [0, 0.1) is 11.8 Å². The molecule has 2 bridgehead atoms. The van der Waals surface area contributed by atoms with Crippen molar-refractivity contribution in [1.82, 2.24) is 10.2 Å². The monoisotopic (exact) mass is 565 g/mol. The third-order valence-corrected chi connectivity index (χ3v) is 9.61. The molecule has 9 heteroatoms. The van der Waals surface area contributed by atoms with E-state index in [9.17, 15) is 14.4 Å². The van der Waals surface area contributed by atoms with Crippen LogP contribution in [0.25, 0.3) is 0 Å². The number of thioether (sulfide) groups is 1. The number of rotatable bonds is 7. The van der Waals surface area contributed by atoms with E-state index in [4.69, 9.17) is 16.3 Å². The van der Waals surface area contributed by atoms with E-state index in [1.54, 1.807) is 22.7 Å². The van der Waals surface area contributed by atoms with E-state index >= 15 is 0 Å². The molecule has 3 fully saturated rings. The van der Waals surface area contributed by atoms with Gasteiger partial charge in [0.25, 0.3) is 0 Å². The minimum absolute atomic E-state index is 0.0735. The van der Waals surface area contributed by atoms with Gasteiger partial charge in [-0.25, -0.2) is 0 Å². The number of ether oxygens (including phenoxy) is 1. The van der Waals surface area contributed by atoms with Crippen LogP contribution in [0.3, 0.4) is 0 Å². The van der Waals surface area contributed by atoms with Crippen molar-refractivity contribution >= 4 is 46.8 Å². The molecule has 204 valence electrons. The minimum atomic E-state index is -1.20. The number of likely N-dealkylation sites (tertiary alicyclic amines) is 1. The number of carbonyl (C=O) groups excluding carboxylic acids is 3. The van der Waals surface area contributed by atoms with Crippen molar-refractivity contribution in [2.24, 2.45) is 11.8 Å². The van der Waals surface area contributed by atoms with E-state index in [1.807, 2.05) is 60.9 Å². The Labute approximate surface area is 237 Å². The van der Waals surface area contributed by atoms with Crippen LogP contribution < -0.4 is 10.6 Å². The second kappa shape index (κ2) is 10.6. The Kier molecular flexibility index (Phi) is 7.20. The molecule has 2 aromatic carbocycles. The number of halogens is 1. The van der Waals surface area contributed by atoms with Gasteiger partial charge >= 0.3 is 0 Å². The highest BCUT2D eigenvalue weighted by Gasteiger charge is 2.72. The molecule has 1 saturated carbocycles. The molecule has 2 aromatic rings. The third-order valence-electron chi connectivity index (χ3n) is 8.51. The summed E-state index contributed by atoms with van der Waals surface area (Å²) < 4.78 is 6.46. The zero-order valence-electron chi connectivity index (χ0n) is 21.8. The fourth-order valence-electron chi connectivity index (χ4n) is 6.70. The number of fused-ring (bicyclic) bond motifs is 1. The van der Waals surface area contributed by atoms with E-state index in [1.165, 1.54) is 6.42 Å². The van der Waals surface area contributed by atoms with Gasteiger partial charge in [-0.15, -0.1) is 11.8 Å². The number of hydrogen-bond donors (Lipinski definition) is 2. The van der Waals surface area contributed by atoms with Crippen LogP contribution in [0.2, 0.25) is 5.02 Å². The van der Waals surface area contributed by atoms with E-state index in [0.717, 1.165) is 36.1 Å². The van der Waals surface area contributed by atoms with Crippen molar-refractivity contribution in [1.29, 1.82) is 0 Å². The molecular formula is C30H32ClN3O4S. The Hall–Kier alpha value is -2.81. The molecule has 2 saturated heterocycles. The number of carbonyl (C=O) groups is 3. The SMILES string of the molecule is CSc1cccc(NC(=O)C2[C@H]3C=CC4(O3)C(C(=O)NC3CCCCC3)N(Cc3ccccc3Cl)C(=O)[C@@H]24)c1. The highest BCUT2D eigenvalue weighted by molar-refractivity contribution is 7.98. The van der Waals surface area contributed by atoms with Crippen molar-refractivity contribution < 1.29 is 19.1 Å². The van der Waals surface area contributed by atoms with Gasteiger partial charge in [0.1, 0.15) is 11.6 Å². The van der Waals surface area contributed by atoms with Crippen LogP contribution in [0.15, 0.2) is 65.6 Å². The Balaban J connectivity index is 1.33. The van der Waals surface area contributed by atoms with Gasteiger partial charge in [-0.05, 0) is 48.9 Å². The molecule has 0 aromatic heterocycles. The van der Waals surface area contributed by atoms with Gasteiger partial charge in [0.05, 0.1) is 17.9 Å². The summed E-state index contributed by atoms with van der Waals surface area (Å²) in [6.07, 6.45) is 10.2. The van der Waals surface area contributed by atoms with Gasteiger partial charge < -0.3 is 20.3 Å². The highest BCUT2D eigenvalue weighted by Crippen LogP contribution is 2.55. The lowest BCUT2D eigenvalue weighted by molar-refractivity contribution is -0.142. The van der Waals surface area contributed by atoms with Gasteiger partial charge in [0, 0.05) is 28.2 Å². The lowest BCUT2D eigenvalue weighted by Gasteiger charge is -2.34. The quantitative estimate of drug-likeness (QED) is 0.372. The summed E-state index contributed by atoms with van der Waals surface area (Å²) in [5.41, 5.74) is 0.204. The van der Waals surface area contributed by atoms with Gasteiger partial charge in [0.15, 0.2) is 0 Å². The summed E-state index contributed by atoms with van der Waals surface area (Å²) in [7, 11) is 0. The summed E-state index contributed by atoms with van der Waals surface area (Å²) in [6, 6.07) is 14.1. The molecule has 0 radical (unpaired) electrons. The van der Waals surface area contributed by atoms with Crippen molar-refractivity contribution in [3.8, 4) is 0 Å². The lowest BCUT2D eigenvalue weighted by Crippen LogP contribution is -2.56. The van der Waals surface area contributed by atoms with Crippen molar-refractivity contribution in [3.05, 3.63) is 71.3 Å². The molecule has 6 rings (SSSR count). The Morgan fingerprint density at radius 2 is 1.90 bits per heavy atom. The van der Waals surface area contributed by atoms with Crippen LogP contribution in [-0.2, 0) is 25.7 Å². The first kappa shape index (κ1) is 26.4. The standard InChI is InChI=1S/C30H32ClN3O4S/c1-39-21-12-7-11-20(16-21)33-27(35)24-23-14-15-30(38-23)25(24)29(37)34(17-18-8-5-6-13-22(18)31)26(30)28(36)32-19-9-3-2-4-10-19/h5-8,11-16,19,23-26H,2-4,9-10,17H2,1H3,(H,32,36)(H,33,35)/t23-,24?,25-,26?,30?/m1/s1. The maximum atomic E-state index is 14.2. The number of benzene rings is 2. The number of amides is 3. The number of hydrogen-bond acceptors (Lipinski definition) is 5. The van der Waals surface area contributed by atoms with E-state index in [0.29, 0.717) is 10.7 Å². The molecule has 3 heterocycles. The topological polar surface area (TPSA) is 87.7 Å². The number of nitrogens with zero attached hydrogens (tertiary/aromatic N) is 1. The van der Waals surface area contributed by atoms with Gasteiger partial charge in [-0.2, -0.15) is 0 Å². The molecule has 7 nitrogen and oxygen atoms in total. The highest BCUT2D eigenvalue weighted by atomic mass is 35.5. The maximum Gasteiger partial charge on any atom is 0.246 e. The van der Waals surface area contributed by atoms with Crippen molar-refractivity contribution in [2.75, 3.05) is 11.6 Å². The summed E-state index contributed by atoms with van der Waals surface area (Å²) in [4.78, 5) is 44.4. The molecule has 3 aliphatic heterocycles. The smallest absolute Gasteiger partial charge is 0.246 e. The van der Waals surface area contributed by atoms with Crippen LogP contribution in [0.1, 0.15) is 37.7 Å². The van der Waals surface area contributed by atoms with Crippen LogP contribution in [0.4, 0.5) is 5.69 Å². The third kappa shape index (κ3) is 4.66. The second-order valence-electron chi connectivity index (χ2n) is 10.8. The summed E-state index contributed by atoms with van der Waals surface area (Å²) in [5.74, 6) is -2.33. The van der Waals surface area contributed by atoms with Crippen LogP contribution in [-0.4, -0.2) is 52.7 Å². The first-order valence-corrected chi connectivity index (χ1v) is 15.2. The minimum Gasteiger partial charge on any atom is -0.359 e. The molecule has 1 aliphatic carbocycles. The molecule has 5 atom stereocenters. The predicted octanol–water partition coefficient (Wildman–Crippen LogP) is 4.80. The normalized spacial score (nSPS) is 29.5. The van der Waals surface area contributed by atoms with Crippen LogP contribution in [0.5, 0.6) is 0 Å². The Bertz CT molecular complexity index is 1330. The first-order valence-electron chi connectivity index (χ1n) is 13.6. The number of anilines is 1. The molecule has 3 unspecified atom stereocenters. The largest absolute Gasteiger partial charge is 0.359 e. The van der Waals surface area contributed by atoms with Gasteiger partial charge in [-0.1, -0.05) is 67.3 Å². The zero-order valence-corrected chi connectivity index (χ0v) is 23.3. The molecule has 4 aliphatic rings. The van der Waals surface area contributed by atoms with E-state index in [2.05, 4.69) is 10.6 Å². The first-order chi connectivity index (χ1) is 18.9. The van der Waals surface area contributed by atoms with Crippen molar-refractivity contribution in [3.63, 3.8) is 0 Å². The number of nitrogens with one attached hydrogen (secondary N) is 2. The molecule has 2 N–H and O–H groups in total. The summed E-state index contributed by atoms with van der Waals surface area (Å²) >= 11 is 8.06. The van der Waals surface area contributed by atoms with Crippen molar-refractivity contribution in [2.45, 2.75) is 67.3 Å². The lowest BCUT2D eigenvalue weighted by atomic mass is 9.74. The molecule has 3 amide bonds. The Morgan fingerprint density at radius 3 is 2.67 bits per heavy atom. The Morgan fingerprint density at radius 1 is 1.10 bits per heavy atom. The van der Waals surface area contributed by atoms with E-state index < -0.39 is 29.6 Å². The van der Waals surface area contributed by atoms with Gasteiger partial charge in [0.2, 0.25) is 17.7 Å². The average molecular weight is 566 g/mol. The van der Waals surface area contributed by atoms with Crippen LogP contribution >= 0.6 is 23.4 Å². The maximum absolute atomic E-state index is 14.2. The average Bonchev–Trinajstić information content (AvgIpc) is 3.58. The van der Waals surface area contributed by atoms with Gasteiger partial charge in [-0.3, -0.25) is 14.4 Å². The second-order valence-corrected chi connectivity index (χ2v) is 12.1. The zero-order chi connectivity index (χ0) is 27.1. The molecule has 1 spiro atoms. The van der Waals surface area contributed by atoms with E-state index in [-0.39, 0.29) is 30.3 Å². The fourth-order valence-corrected chi connectivity index (χ4v) is 7.36. The fraction of sp³-hybridized carbons (Fsp3) is 0.433. The summed E-state index contributed by atoms with van der Waals surface area (Å²) in [5, 5.41) is 6.74. The molecule has 39 heavy (non-hydrogen) atoms.